The van der Waals surface area contributed by atoms with Gasteiger partial charge in [0.05, 0.1) is 0 Å². The molecule has 1 unspecified atom stereocenters. The van der Waals surface area contributed by atoms with E-state index >= 15 is 0 Å². The van der Waals surface area contributed by atoms with Crippen LogP contribution in [-0.2, 0) is 7.05 Å². The van der Waals surface area contributed by atoms with Crippen LogP contribution in [0.5, 0.6) is 0 Å². The van der Waals surface area contributed by atoms with Crippen LogP contribution < -0.4 is 0 Å². The number of halogens is 1. The van der Waals surface area contributed by atoms with Gasteiger partial charge in [0, 0.05) is 26.1 Å². The number of aromatic nitrogens is 3. The number of carbonyl (C=O) groups is 1. The SMILES string of the molecule is Cn1cnnc1C1CCCN(C(=O)c2ccc(Cl)o2)C1. The molecule has 1 amide bonds. The molecule has 3 rings (SSSR count). The van der Waals surface area contributed by atoms with Crippen LogP contribution in [0.15, 0.2) is 22.9 Å². The van der Waals surface area contributed by atoms with E-state index in [1.807, 2.05) is 11.6 Å². The first kappa shape index (κ1) is 13.2. The molecule has 3 heterocycles. The Morgan fingerprint density at radius 3 is 3.00 bits per heavy atom. The summed E-state index contributed by atoms with van der Waals surface area (Å²) in [4.78, 5) is 14.1. The van der Waals surface area contributed by atoms with Gasteiger partial charge in [-0.2, -0.15) is 0 Å². The van der Waals surface area contributed by atoms with Crippen LogP contribution in [-0.4, -0.2) is 38.7 Å². The van der Waals surface area contributed by atoms with Crippen molar-refractivity contribution in [2.45, 2.75) is 18.8 Å². The van der Waals surface area contributed by atoms with Crippen LogP contribution in [0, 0.1) is 0 Å². The van der Waals surface area contributed by atoms with Crippen LogP contribution >= 0.6 is 11.6 Å². The van der Waals surface area contributed by atoms with E-state index in [1.165, 1.54) is 0 Å². The smallest absolute Gasteiger partial charge is 0.289 e. The number of hydrogen-bond acceptors (Lipinski definition) is 4. The summed E-state index contributed by atoms with van der Waals surface area (Å²) >= 11 is 5.72. The Hall–Kier alpha value is -1.82. The zero-order valence-corrected chi connectivity index (χ0v) is 11.9. The molecule has 106 valence electrons. The largest absolute Gasteiger partial charge is 0.440 e. The van der Waals surface area contributed by atoms with E-state index in [2.05, 4.69) is 10.2 Å². The molecule has 0 N–H and O–H groups in total. The Labute approximate surface area is 121 Å². The van der Waals surface area contributed by atoms with Crippen molar-refractivity contribution < 1.29 is 9.21 Å². The van der Waals surface area contributed by atoms with Gasteiger partial charge in [0.15, 0.2) is 11.0 Å². The highest BCUT2D eigenvalue weighted by Crippen LogP contribution is 2.26. The van der Waals surface area contributed by atoms with Gasteiger partial charge in [-0.15, -0.1) is 10.2 Å². The standard InChI is InChI=1S/C13H15ClN4O2/c1-17-8-15-16-12(17)9-3-2-6-18(7-9)13(19)10-4-5-11(14)20-10/h4-5,8-9H,2-3,6-7H2,1H3. The Bertz CT molecular complexity index is 621. The first-order valence-electron chi connectivity index (χ1n) is 6.53. The van der Waals surface area contributed by atoms with E-state index in [0.717, 1.165) is 25.2 Å². The summed E-state index contributed by atoms with van der Waals surface area (Å²) in [5.74, 6) is 1.29. The minimum absolute atomic E-state index is 0.122. The summed E-state index contributed by atoms with van der Waals surface area (Å²) in [5.41, 5.74) is 0. The third-order valence-electron chi connectivity index (χ3n) is 3.60. The number of aryl methyl sites for hydroxylation is 1. The number of furan rings is 1. The minimum Gasteiger partial charge on any atom is -0.440 e. The van der Waals surface area contributed by atoms with Gasteiger partial charge < -0.3 is 13.9 Å². The van der Waals surface area contributed by atoms with E-state index in [0.29, 0.717) is 6.54 Å². The van der Waals surface area contributed by atoms with Gasteiger partial charge >= 0.3 is 0 Å². The van der Waals surface area contributed by atoms with Crippen molar-refractivity contribution in [3.63, 3.8) is 0 Å². The van der Waals surface area contributed by atoms with Gasteiger partial charge in [0.2, 0.25) is 0 Å². The van der Waals surface area contributed by atoms with Crippen molar-refractivity contribution in [1.82, 2.24) is 19.7 Å². The van der Waals surface area contributed by atoms with Crippen LogP contribution in [0.4, 0.5) is 0 Å². The second-order valence-corrected chi connectivity index (χ2v) is 5.37. The lowest BCUT2D eigenvalue weighted by Gasteiger charge is -2.31. The molecule has 2 aromatic heterocycles. The molecule has 0 radical (unpaired) electrons. The number of piperidine rings is 1. The van der Waals surface area contributed by atoms with Crippen LogP contribution in [0.3, 0.4) is 0 Å². The fourth-order valence-electron chi connectivity index (χ4n) is 2.62. The average Bonchev–Trinajstić information content (AvgIpc) is 3.07. The highest BCUT2D eigenvalue weighted by Gasteiger charge is 2.29. The maximum absolute atomic E-state index is 12.3. The van der Waals surface area contributed by atoms with E-state index in [9.17, 15) is 4.79 Å². The molecular formula is C13H15ClN4O2. The van der Waals surface area contributed by atoms with Crippen LogP contribution in [0.1, 0.15) is 35.1 Å². The molecule has 20 heavy (non-hydrogen) atoms. The quantitative estimate of drug-likeness (QED) is 0.850. The van der Waals surface area contributed by atoms with Crippen LogP contribution in [0.25, 0.3) is 0 Å². The molecule has 1 aliphatic rings. The van der Waals surface area contributed by atoms with E-state index < -0.39 is 0 Å². The van der Waals surface area contributed by atoms with Gasteiger partial charge in [-0.1, -0.05) is 0 Å². The van der Waals surface area contributed by atoms with Crippen molar-refractivity contribution in [2.75, 3.05) is 13.1 Å². The monoisotopic (exact) mass is 294 g/mol. The van der Waals surface area contributed by atoms with Crippen molar-refractivity contribution >= 4 is 17.5 Å². The lowest BCUT2D eigenvalue weighted by atomic mass is 9.97. The second kappa shape index (κ2) is 5.28. The molecule has 2 aromatic rings. The minimum atomic E-state index is -0.122. The highest BCUT2D eigenvalue weighted by molar-refractivity contribution is 6.29. The number of likely N-dealkylation sites (tertiary alicyclic amines) is 1. The Morgan fingerprint density at radius 1 is 1.50 bits per heavy atom. The average molecular weight is 295 g/mol. The number of rotatable bonds is 2. The van der Waals surface area contributed by atoms with Crippen molar-refractivity contribution in [3.8, 4) is 0 Å². The molecule has 0 saturated carbocycles. The maximum Gasteiger partial charge on any atom is 0.289 e. The van der Waals surface area contributed by atoms with Gasteiger partial charge in [0.25, 0.3) is 5.91 Å². The topological polar surface area (TPSA) is 64.2 Å². The van der Waals surface area contributed by atoms with E-state index in [-0.39, 0.29) is 22.8 Å². The third kappa shape index (κ3) is 2.43. The normalized spacial score (nSPS) is 19.3. The van der Waals surface area contributed by atoms with Crippen molar-refractivity contribution in [3.05, 3.63) is 35.3 Å². The molecule has 1 fully saturated rings. The number of carbonyl (C=O) groups excluding carboxylic acids is 1. The van der Waals surface area contributed by atoms with Gasteiger partial charge in [0.1, 0.15) is 12.2 Å². The molecule has 0 spiro atoms. The first-order chi connectivity index (χ1) is 9.65. The fourth-order valence-corrected chi connectivity index (χ4v) is 2.77. The Kier molecular flexibility index (Phi) is 3.48. The summed E-state index contributed by atoms with van der Waals surface area (Å²) < 4.78 is 7.09. The van der Waals surface area contributed by atoms with E-state index in [4.69, 9.17) is 16.0 Å². The van der Waals surface area contributed by atoms with Gasteiger partial charge in [-0.25, -0.2) is 0 Å². The molecule has 0 bridgehead atoms. The molecule has 1 atom stereocenters. The fraction of sp³-hybridized carbons (Fsp3) is 0.462. The molecule has 1 saturated heterocycles. The summed E-state index contributed by atoms with van der Waals surface area (Å²) in [5, 5.41) is 8.27. The molecular weight excluding hydrogens is 280 g/mol. The predicted octanol–water partition coefficient (Wildman–Crippen LogP) is 2.08. The summed E-state index contributed by atoms with van der Waals surface area (Å²) in [6.07, 6.45) is 3.63. The third-order valence-corrected chi connectivity index (χ3v) is 3.81. The summed E-state index contributed by atoms with van der Waals surface area (Å²) in [6, 6.07) is 3.19. The molecule has 7 heteroatoms. The Morgan fingerprint density at radius 2 is 2.35 bits per heavy atom. The number of amides is 1. The second-order valence-electron chi connectivity index (χ2n) is 4.99. The highest BCUT2D eigenvalue weighted by atomic mass is 35.5. The number of hydrogen-bond donors (Lipinski definition) is 0. The zero-order valence-electron chi connectivity index (χ0n) is 11.1. The Balaban J connectivity index is 1.75. The van der Waals surface area contributed by atoms with E-state index in [1.54, 1.807) is 23.4 Å². The molecule has 0 aliphatic carbocycles. The lowest BCUT2D eigenvalue weighted by Crippen LogP contribution is -2.39. The van der Waals surface area contributed by atoms with Crippen molar-refractivity contribution in [1.29, 1.82) is 0 Å². The number of nitrogens with zero attached hydrogens (tertiary/aromatic N) is 4. The van der Waals surface area contributed by atoms with Gasteiger partial charge in [-0.3, -0.25) is 4.79 Å². The first-order valence-corrected chi connectivity index (χ1v) is 6.91. The lowest BCUT2D eigenvalue weighted by molar-refractivity contribution is 0.0671. The molecule has 1 aliphatic heterocycles. The van der Waals surface area contributed by atoms with Crippen LogP contribution in [0.2, 0.25) is 5.22 Å². The maximum atomic E-state index is 12.3. The van der Waals surface area contributed by atoms with Crippen molar-refractivity contribution in [2.24, 2.45) is 7.05 Å². The zero-order chi connectivity index (χ0) is 14.1. The summed E-state index contributed by atoms with van der Waals surface area (Å²) in [6.45, 7) is 1.36. The molecule has 0 aromatic carbocycles. The molecule has 6 nitrogen and oxygen atoms in total. The summed E-state index contributed by atoms with van der Waals surface area (Å²) in [7, 11) is 1.92. The van der Waals surface area contributed by atoms with Gasteiger partial charge in [-0.05, 0) is 36.6 Å². The predicted molar refractivity (Wildman–Crippen MR) is 72.6 cm³/mol.